The lowest BCUT2D eigenvalue weighted by Gasteiger charge is -2.10. The maximum absolute atomic E-state index is 5.89. The molecule has 0 N–H and O–H groups in total. The van der Waals surface area contributed by atoms with Crippen LogP contribution in [0.1, 0.15) is 5.56 Å². The van der Waals surface area contributed by atoms with Gasteiger partial charge in [0, 0.05) is 5.02 Å². The summed E-state index contributed by atoms with van der Waals surface area (Å²) in [5.74, 6) is 0.852. The van der Waals surface area contributed by atoms with Gasteiger partial charge in [-0.1, -0.05) is 11.6 Å². The van der Waals surface area contributed by atoms with Crippen LogP contribution in [0.5, 0.6) is 5.75 Å². The number of rotatable bonds is 3. The molecular weight excluding hydrogens is 267 g/mol. The molecule has 2 rings (SSSR count). The van der Waals surface area contributed by atoms with Gasteiger partial charge in [0.2, 0.25) is 0 Å². The van der Waals surface area contributed by atoms with Crippen LogP contribution >= 0.6 is 27.5 Å². The van der Waals surface area contributed by atoms with Gasteiger partial charge in [-0.15, -0.1) is 0 Å². The second kappa shape index (κ2) is 4.09. The van der Waals surface area contributed by atoms with Gasteiger partial charge in [-0.05, 0) is 40.5 Å². The summed E-state index contributed by atoms with van der Waals surface area (Å²) in [5, 5.41) is 0.712. The van der Waals surface area contributed by atoms with Gasteiger partial charge < -0.3 is 9.47 Å². The SMILES string of the molecule is Cc1cc(Cl)cc(Br)c1OCC1CO1. The van der Waals surface area contributed by atoms with Crippen molar-refractivity contribution in [2.45, 2.75) is 13.0 Å². The van der Waals surface area contributed by atoms with Crippen molar-refractivity contribution in [1.82, 2.24) is 0 Å². The van der Waals surface area contributed by atoms with E-state index in [9.17, 15) is 0 Å². The Bertz CT molecular complexity index is 327. The molecule has 0 spiro atoms. The van der Waals surface area contributed by atoms with Crippen LogP contribution < -0.4 is 4.74 Å². The van der Waals surface area contributed by atoms with Crippen molar-refractivity contribution in [3.63, 3.8) is 0 Å². The van der Waals surface area contributed by atoms with Gasteiger partial charge in [0.1, 0.15) is 18.5 Å². The third kappa shape index (κ3) is 2.41. The van der Waals surface area contributed by atoms with Crippen LogP contribution in [-0.4, -0.2) is 19.3 Å². The molecule has 1 aromatic carbocycles. The average molecular weight is 278 g/mol. The van der Waals surface area contributed by atoms with Crippen molar-refractivity contribution in [2.75, 3.05) is 13.2 Å². The molecular formula is C10H10BrClO2. The van der Waals surface area contributed by atoms with Crippen LogP contribution in [-0.2, 0) is 4.74 Å². The fraction of sp³-hybridized carbons (Fsp3) is 0.400. The molecule has 1 aromatic rings. The third-order valence-corrected chi connectivity index (χ3v) is 2.82. The molecule has 1 aliphatic heterocycles. The molecule has 1 fully saturated rings. The first-order valence-corrected chi connectivity index (χ1v) is 5.54. The van der Waals surface area contributed by atoms with Crippen molar-refractivity contribution < 1.29 is 9.47 Å². The highest BCUT2D eigenvalue weighted by atomic mass is 79.9. The minimum Gasteiger partial charge on any atom is -0.489 e. The molecule has 0 saturated carbocycles. The van der Waals surface area contributed by atoms with E-state index in [1.807, 2.05) is 19.1 Å². The summed E-state index contributed by atoms with van der Waals surface area (Å²) >= 11 is 9.31. The predicted octanol–water partition coefficient (Wildman–Crippen LogP) is 3.19. The fourth-order valence-corrected chi connectivity index (χ4v) is 2.29. The molecule has 14 heavy (non-hydrogen) atoms. The zero-order chi connectivity index (χ0) is 10.1. The number of halogens is 2. The van der Waals surface area contributed by atoms with Gasteiger partial charge in [-0.3, -0.25) is 0 Å². The van der Waals surface area contributed by atoms with E-state index in [1.165, 1.54) is 0 Å². The van der Waals surface area contributed by atoms with E-state index in [4.69, 9.17) is 21.1 Å². The van der Waals surface area contributed by atoms with Crippen LogP contribution in [0.3, 0.4) is 0 Å². The molecule has 1 unspecified atom stereocenters. The molecule has 1 heterocycles. The van der Waals surface area contributed by atoms with Crippen molar-refractivity contribution in [1.29, 1.82) is 0 Å². The van der Waals surface area contributed by atoms with E-state index in [0.717, 1.165) is 22.4 Å². The smallest absolute Gasteiger partial charge is 0.136 e. The lowest BCUT2D eigenvalue weighted by molar-refractivity contribution is 0.260. The molecule has 0 amide bonds. The van der Waals surface area contributed by atoms with E-state index in [1.54, 1.807) is 0 Å². The van der Waals surface area contributed by atoms with E-state index in [2.05, 4.69) is 15.9 Å². The molecule has 1 aliphatic rings. The van der Waals surface area contributed by atoms with Crippen molar-refractivity contribution in [3.05, 3.63) is 27.2 Å². The first-order chi connectivity index (χ1) is 6.66. The Kier molecular flexibility index (Phi) is 3.00. The Morgan fingerprint density at radius 1 is 1.64 bits per heavy atom. The quantitative estimate of drug-likeness (QED) is 0.792. The lowest BCUT2D eigenvalue weighted by atomic mass is 10.2. The Balaban J connectivity index is 2.13. The van der Waals surface area contributed by atoms with Crippen molar-refractivity contribution in [2.24, 2.45) is 0 Å². The monoisotopic (exact) mass is 276 g/mol. The first kappa shape index (κ1) is 10.3. The number of aryl methyl sites for hydroxylation is 1. The largest absolute Gasteiger partial charge is 0.489 e. The highest BCUT2D eigenvalue weighted by Crippen LogP contribution is 2.32. The van der Waals surface area contributed by atoms with Gasteiger partial charge >= 0.3 is 0 Å². The summed E-state index contributed by atoms with van der Waals surface area (Å²) < 4.78 is 11.6. The first-order valence-electron chi connectivity index (χ1n) is 4.37. The molecule has 4 heteroatoms. The Morgan fingerprint density at radius 3 is 2.93 bits per heavy atom. The summed E-state index contributed by atoms with van der Waals surface area (Å²) in [4.78, 5) is 0. The van der Waals surface area contributed by atoms with Gasteiger partial charge in [0.15, 0.2) is 0 Å². The summed E-state index contributed by atoms with van der Waals surface area (Å²) in [6, 6.07) is 3.72. The van der Waals surface area contributed by atoms with Crippen LogP contribution in [0.25, 0.3) is 0 Å². The minimum atomic E-state index is 0.275. The molecule has 0 aromatic heterocycles. The molecule has 0 aliphatic carbocycles. The van der Waals surface area contributed by atoms with Crippen LogP contribution in [0.4, 0.5) is 0 Å². The maximum atomic E-state index is 5.89. The second-order valence-corrected chi connectivity index (χ2v) is 4.59. The Morgan fingerprint density at radius 2 is 2.36 bits per heavy atom. The maximum Gasteiger partial charge on any atom is 0.136 e. The molecule has 1 atom stereocenters. The number of epoxide rings is 1. The van der Waals surface area contributed by atoms with E-state index < -0.39 is 0 Å². The zero-order valence-electron chi connectivity index (χ0n) is 7.72. The zero-order valence-corrected chi connectivity index (χ0v) is 10.1. The Labute approximate surface area is 96.3 Å². The molecule has 1 saturated heterocycles. The molecule has 0 radical (unpaired) electrons. The minimum absolute atomic E-state index is 0.275. The van der Waals surface area contributed by atoms with Crippen LogP contribution in [0.2, 0.25) is 5.02 Å². The van der Waals surface area contributed by atoms with Gasteiger partial charge in [0.05, 0.1) is 11.1 Å². The standard InChI is InChI=1S/C10H10BrClO2/c1-6-2-7(12)3-9(11)10(6)14-5-8-4-13-8/h2-3,8H,4-5H2,1H3. The van der Waals surface area contributed by atoms with E-state index in [0.29, 0.717) is 11.6 Å². The van der Waals surface area contributed by atoms with Gasteiger partial charge in [-0.2, -0.15) is 0 Å². The number of hydrogen-bond acceptors (Lipinski definition) is 2. The summed E-state index contributed by atoms with van der Waals surface area (Å²) in [6.07, 6.45) is 0.275. The number of hydrogen-bond donors (Lipinski definition) is 0. The highest BCUT2D eigenvalue weighted by Gasteiger charge is 2.23. The van der Waals surface area contributed by atoms with Crippen LogP contribution in [0, 0.1) is 6.92 Å². The average Bonchev–Trinajstić information content (AvgIpc) is 2.85. The second-order valence-electron chi connectivity index (χ2n) is 3.30. The molecule has 76 valence electrons. The summed E-state index contributed by atoms with van der Waals surface area (Å²) in [6.45, 7) is 3.39. The Hall–Kier alpha value is -0.250. The topological polar surface area (TPSA) is 21.8 Å². The van der Waals surface area contributed by atoms with Gasteiger partial charge in [-0.25, -0.2) is 0 Å². The normalized spacial score (nSPS) is 19.5. The fourth-order valence-electron chi connectivity index (χ4n) is 1.21. The van der Waals surface area contributed by atoms with Crippen molar-refractivity contribution in [3.8, 4) is 5.75 Å². The van der Waals surface area contributed by atoms with E-state index in [-0.39, 0.29) is 6.10 Å². The third-order valence-electron chi connectivity index (χ3n) is 2.01. The van der Waals surface area contributed by atoms with Crippen molar-refractivity contribution >= 4 is 27.5 Å². The highest BCUT2D eigenvalue weighted by molar-refractivity contribution is 9.10. The van der Waals surface area contributed by atoms with Crippen LogP contribution in [0.15, 0.2) is 16.6 Å². The molecule has 0 bridgehead atoms. The molecule has 2 nitrogen and oxygen atoms in total. The predicted molar refractivity (Wildman–Crippen MR) is 59.1 cm³/mol. The van der Waals surface area contributed by atoms with Gasteiger partial charge in [0.25, 0.3) is 0 Å². The van der Waals surface area contributed by atoms with E-state index >= 15 is 0 Å². The summed E-state index contributed by atoms with van der Waals surface area (Å²) in [5.41, 5.74) is 1.03. The number of benzene rings is 1. The lowest BCUT2D eigenvalue weighted by Crippen LogP contribution is -2.05. The summed E-state index contributed by atoms with van der Waals surface area (Å²) in [7, 11) is 0. The number of ether oxygens (including phenoxy) is 2.